The maximum absolute atomic E-state index is 10.1. The van der Waals surface area contributed by atoms with Crippen molar-refractivity contribution in [3.05, 3.63) is 64.7 Å². The van der Waals surface area contributed by atoms with Gasteiger partial charge in [0, 0.05) is 12.6 Å². The second kappa shape index (κ2) is 7.21. The Hall–Kier alpha value is -1.80. The van der Waals surface area contributed by atoms with Crippen molar-refractivity contribution < 1.29 is 5.11 Å². The Balaban J connectivity index is 1.51. The number of benzene rings is 2. The molecule has 2 aromatic carbocycles. The van der Waals surface area contributed by atoms with Gasteiger partial charge in [-0.1, -0.05) is 43.3 Å². The summed E-state index contributed by atoms with van der Waals surface area (Å²) in [5, 5.41) is 10.1. The molecule has 25 heavy (non-hydrogen) atoms. The molecule has 0 amide bonds. The Labute approximate surface area is 151 Å². The number of hydrogen-bond acceptors (Lipinski definition) is 2. The summed E-state index contributed by atoms with van der Waals surface area (Å²) in [6, 6.07) is 15.7. The van der Waals surface area contributed by atoms with Gasteiger partial charge in [-0.15, -0.1) is 0 Å². The SMILES string of the molecule is CCCN(CC1CCc2ccccc21)C1CCc2c(O)cccc2C1. The second-order valence-electron chi connectivity index (χ2n) is 7.74. The number of fused-ring (bicyclic) bond motifs is 2. The van der Waals surface area contributed by atoms with E-state index in [1.165, 1.54) is 49.9 Å². The van der Waals surface area contributed by atoms with Crippen LogP contribution in [0.1, 0.15) is 54.4 Å². The van der Waals surface area contributed by atoms with E-state index in [1.54, 1.807) is 11.1 Å². The summed E-state index contributed by atoms with van der Waals surface area (Å²) in [4.78, 5) is 2.74. The normalized spacial score (nSPS) is 22.0. The monoisotopic (exact) mass is 335 g/mol. The van der Waals surface area contributed by atoms with Gasteiger partial charge in [0.2, 0.25) is 0 Å². The molecule has 2 aliphatic carbocycles. The highest BCUT2D eigenvalue weighted by Crippen LogP contribution is 2.36. The standard InChI is InChI=1S/C23H29NO/c1-2-14-24(16-19-11-10-17-6-3-4-8-21(17)19)20-12-13-22-18(15-20)7-5-9-23(22)25/h3-9,19-20,25H,2,10-16H2,1H3. The first-order valence-electron chi connectivity index (χ1n) is 9.88. The first kappa shape index (κ1) is 16.7. The van der Waals surface area contributed by atoms with E-state index >= 15 is 0 Å². The smallest absolute Gasteiger partial charge is 0.119 e. The average Bonchev–Trinajstić information content (AvgIpc) is 3.04. The van der Waals surface area contributed by atoms with Crippen LogP contribution >= 0.6 is 0 Å². The highest BCUT2D eigenvalue weighted by molar-refractivity contribution is 5.41. The zero-order valence-electron chi connectivity index (χ0n) is 15.2. The van der Waals surface area contributed by atoms with E-state index in [4.69, 9.17) is 0 Å². The van der Waals surface area contributed by atoms with Crippen LogP contribution < -0.4 is 0 Å². The number of phenolic OH excluding ortho intramolecular Hbond substituents is 1. The van der Waals surface area contributed by atoms with Crippen molar-refractivity contribution in [3.8, 4) is 5.75 Å². The molecule has 2 heteroatoms. The van der Waals surface area contributed by atoms with Crippen LogP contribution in [0.5, 0.6) is 5.75 Å². The summed E-state index contributed by atoms with van der Waals surface area (Å²) in [6.45, 7) is 4.65. The van der Waals surface area contributed by atoms with Gasteiger partial charge in [0.15, 0.2) is 0 Å². The number of aromatic hydroxyl groups is 1. The summed E-state index contributed by atoms with van der Waals surface area (Å²) in [5.41, 5.74) is 5.67. The van der Waals surface area contributed by atoms with Gasteiger partial charge in [0.1, 0.15) is 5.75 Å². The van der Waals surface area contributed by atoms with Gasteiger partial charge in [0.05, 0.1) is 0 Å². The third-order valence-corrected chi connectivity index (χ3v) is 6.17. The van der Waals surface area contributed by atoms with Crippen molar-refractivity contribution in [2.45, 2.75) is 57.4 Å². The van der Waals surface area contributed by atoms with E-state index in [-0.39, 0.29) is 0 Å². The second-order valence-corrected chi connectivity index (χ2v) is 7.74. The van der Waals surface area contributed by atoms with Crippen LogP contribution in [0, 0.1) is 0 Å². The summed E-state index contributed by atoms with van der Waals surface area (Å²) in [6.07, 6.45) is 6.99. The molecule has 132 valence electrons. The molecule has 0 aliphatic heterocycles. The highest BCUT2D eigenvalue weighted by atomic mass is 16.3. The molecule has 0 saturated carbocycles. The molecule has 4 rings (SSSR count). The number of nitrogens with zero attached hydrogens (tertiary/aromatic N) is 1. The number of phenols is 1. The summed E-state index contributed by atoms with van der Waals surface area (Å²) in [5.74, 6) is 1.18. The van der Waals surface area contributed by atoms with Crippen molar-refractivity contribution in [2.75, 3.05) is 13.1 Å². The minimum atomic E-state index is 0.489. The molecule has 2 atom stereocenters. The van der Waals surface area contributed by atoms with Gasteiger partial charge in [-0.25, -0.2) is 0 Å². The lowest BCUT2D eigenvalue weighted by Crippen LogP contribution is -2.42. The molecule has 0 heterocycles. The molecule has 0 bridgehead atoms. The van der Waals surface area contributed by atoms with Gasteiger partial charge in [-0.2, -0.15) is 0 Å². The Morgan fingerprint density at radius 1 is 1.00 bits per heavy atom. The summed E-state index contributed by atoms with van der Waals surface area (Å²) < 4.78 is 0. The Kier molecular flexibility index (Phi) is 4.80. The minimum Gasteiger partial charge on any atom is -0.508 e. The van der Waals surface area contributed by atoms with E-state index in [1.807, 2.05) is 12.1 Å². The van der Waals surface area contributed by atoms with E-state index in [0.717, 1.165) is 12.8 Å². The fourth-order valence-electron chi connectivity index (χ4n) is 4.91. The van der Waals surface area contributed by atoms with Crippen LogP contribution in [0.25, 0.3) is 0 Å². The molecule has 0 aromatic heterocycles. The van der Waals surface area contributed by atoms with Crippen molar-refractivity contribution in [1.82, 2.24) is 4.90 Å². The quantitative estimate of drug-likeness (QED) is 0.857. The van der Waals surface area contributed by atoms with Crippen molar-refractivity contribution in [1.29, 1.82) is 0 Å². The van der Waals surface area contributed by atoms with E-state index in [0.29, 0.717) is 17.7 Å². The highest BCUT2D eigenvalue weighted by Gasteiger charge is 2.29. The predicted octanol–water partition coefficient (Wildman–Crippen LogP) is 4.69. The number of rotatable bonds is 5. The van der Waals surface area contributed by atoms with E-state index < -0.39 is 0 Å². The Morgan fingerprint density at radius 3 is 2.72 bits per heavy atom. The lowest BCUT2D eigenvalue weighted by Gasteiger charge is -2.37. The van der Waals surface area contributed by atoms with Crippen molar-refractivity contribution >= 4 is 0 Å². The van der Waals surface area contributed by atoms with Crippen LogP contribution in [-0.4, -0.2) is 29.1 Å². The summed E-state index contributed by atoms with van der Waals surface area (Å²) in [7, 11) is 0. The van der Waals surface area contributed by atoms with Crippen LogP contribution in [-0.2, 0) is 19.3 Å². The molecule has 2 nitrogen and oxygen atoms in total. The maximum Gasteiger partial charge on any atom is 0.119 e. The largest absolute Gasteiger partial charge is 0.508 e. The van der Waals surface area contributed by atoms with Crippen molar-refractivity contribution in [3.63, 3.8) is 0 Å². The van der Waals surface area contributed by atoms with Crippen LogP contribution in [0.4, 0.5) is 0 Å². The molecular formula is C23H29NO. The fraction of sp³-hybridized carbons (Fsp3) is 0.478. The fourth-order valence-corrected chi connectivity index (χ4v) is 4.91. The third-order valence-electron chi connectivity index (χ3n) is 6.17. The Morgan fingerprint density at radius 2 is 1.84 bits per heavy atom. The lowest BCUT2D eigenvalue weighted by atomic mass is 9.86. The van der Waals surface area contributed by atoms with Crippen molar-refractivity contribution in [2.24, 2.45) is 0 Å². The van der Waals surface area contributed by atoms with Gasteiger partial charge < -0.3 is 5.11 Å². The van der Waals surface area contributed by atoms with Crippen LogP contribution in [0.3, 0.4) is 0 Å². The van der Waals surface area contributed by atoms with Gasteiger partial charge in [-0.3, -0.25) is 4.90 Å². The zero-order chi connectivity index (χ0) is 17.2. The van der Waals surface area contributed by atoms with Gasteiger partial charge >= 0.3 is 0 Å². The first-order valence-corrected chi connectivity index (χ1v) is 9.88. The maximum atomic E-state index is 10.1. The third kappa shape index (κ3) is 3.32. The molecule has 0 spiro atoms. The number of aryl methyl sites for hydroxylation is 1. The minimum absolute atomic E-state index is 0.489. The predicted molar refractivity (Wildman–Crippen MR) is 103 cm³/mol. The molecule has 0 saturated heterocycles. The van der Waals surface area contributed by atoms with E-state index in [9.17, 15) is 5.11 Å². The molecule has 0 fully saturated rings. The molecule has 2 aromatic rings. The number of hydrogen-bond donors (Lipinski definition) is 1. The molecule has 2 unspecified atom stereocenters. The topological polar surface area (TPSA) is 23.5 Å². The van der Waals surface area contributed by atoms with E-state index in [2.05, 4.69) is 42.2 Å². The van der Waals surface area contributed by atoms with Crippen LogP contribution in [0.2, 0.25) is 0 Å². The lowest BCUT2D eigenvalue weighted by molar-refractivity contribution is 0.168. The molecule has 1 N–H and O–H groups in total. The van der Waals surface area contributed by atoms with Gasteiger partial charge in [0.25, 0.3) is 0 Å². The first-order chi connectivity index (χ1) is 12.3. The summed E-state index contributed by atoms with van der Waals surface area (Å²) >= 11 is 0. The zero-order valence-corrected chi connectivity index (χ0v) is 15.2. The van der Waals surface area contributed by atoms with Crippen LogP contribution in [0.15, 0.2) is 42.5 Å². The molecule has 0 radical (unpaired) electrons. The molecular weight excluding hydrogens is 306 g/mol. The average molecular weight is 335 g/mol. The Bertz CT molecular complexity index is 739. The van der Waals surface area contributed by atoms with Gasteiger partial charge in [-0.05, 0) is 79.3 Å². The molecule has 2 aliphatic rings.